The van der Waals surface area contributed by atoms with E-state index in [1.54, 1.807) is 0 Å². The molecule has 1 saturated carbocycles. The maximum Gasteiger partial charge on any atom is 0.253 e. The van der Waals surface area contributed by atoms with E-state index >= 15 is 0 Å². The van der Waals surface area contributed by atoms with E-state index in [-0.39, 0.29) is 17.9 Å². The van der Waals surface area contributed by atoms with Gasteiger partial charge in [-0.3, -0.25) is 9.59 Å². The van der Waals surface area contributed by atoms with Crippen LogP contribution in [0.1, 0.15) is 67.3 Å². The molecule has 6 heteroatoms. The highest BCUT2D eigenvalue weighted by molar-refractivity contribution is 5.97. The highest BCUT2D eigenvalue weighted by Crippen LogP contribution is 2.32. The van der Waals surface area contributed by atoms with Gasteiger partial charge in [-0.25, -0.2) is 0 Å². The van der Waals surface area contributed by atoms with Crippen LogP contribution in [-0.2, 0) is 11.2 Å². The van der Waals surface area contributed by atoms with Crippen molar-refractivity contribution in [3.05, 3.63) is 59.7 Å². The summed E-state index contributed by atoms with van der Waals surface area (Å²) in [7, 11) is 0. The van der Waals surface area contributed by atoms with Crippen LogP contribution in [-0.4, -0.2) is 55.0 Å². The molecule has 1 aliphatic carbocycles. The van der Waals surface area contributed by atoms with Crippen molar-refractivity contribution in [2.75, 3.05) is 31.1 Å². The zero-order valence-electron chi connectivity index (χ0n) is 20.6. The normalized spacial score (nSPS) is 18.5. The van der Waals surface area contributed by atoms with Gasteiger partial charge in [0.1, 0.15) is 5.75 Å². The Labute approximate surface area is 208 Å². The maximum atomic E-state index is 13.1. The van der Waals surface area contributed by atoms with Crippen molar-refractivity contribution in [1.82, 2.24) is 10.2 Å². The van der Waals surface area contributed by atoms with Crippen LogP contribution in [0.2, 0.25) is 0 Å². The number of nitrogens with zero attached hydrogens (tertiary/aromatic N) is 2. The van der Waals surface area contributed by atoms with Gasteiger partial charge in [0.15, 0.2) is 0 Å². The van der Waals surface area contributed by atoms with E-state index in [2.05, 4.69) is 17.4 Å². The van der Waals surface area contributed by atoms with Gasteiger partial charge in [0, 0.05) is 42.8 Å². The molecule has 2 aliphatic heterocycles. The molecule has 3 aliphatic rings. The molecule has 2 aromatic carbocycles. The molecule has 1 saturated heterocycles. The quantitative estimate of drug-likeness (QED) is 0.512. The number of piperidine rings is 1. The van der Waals surface area contributed by atoms with Crippen LogP contribution < -0.4 is 15.0 Å². The number of carbonyl (C=O) groups is 2. The van der Waals surface area contributed by atoms with Crippen LogP contribution in [0.3, 0.4) is 0 Å². The second-order valence-corrected chi connectivity index (χ2v) is 10.1. The summed E-state index contributed by atoms with van der Waals surface area (Å²) in [5, 5.41) is 3.54. The van der Waals surface area contributed by atoms with Gasteiger partial charge in [0.2, 0.25) is 5.91 Å². The third-order valence-electron chi connectivity index (χ3n) is 7.45. The molecule has 2 fully saturated rings. The molecule has 0 aromatic heterocycles. The third-order valence-corrected chi connectivity index (χ3v) is 7.45. The molecule has 2 amide bonds. The zero-order chi connectivity index (χ0) is 24.0. The Hall–Kier alpha value is -2.86. The van der Waals surface area contributed by atoms with Gasteiger partial charge in [0.25, 0.3) is 5.91 Å². The topological polar surface area (TPSA) is 61.9 Å². The van der Waals surface area contributed by atoms with E-state index in [9.17, 15) is 9.59 Å². The lowest BCUT2D eigenvalue weighted by molar-refractivity contribution is -0.119. The van der Waals surface area contributed by atoms with Gasteiger partial charge in [-0.05, 0) is 93.8 Å². The summed E-state index contributed by atoms with van der Waals surface area (Å²) in [5.41, 5.74) is 3.00. The minimum atomic E-state index is 0.0588. The van der Waals surface area contributed by atoms with Crippen LogP contribution in [0.5, 0.6) is 5.75 Å². The van der Waals surface area contributed by atoms with Crippen molar-refractivity contribution in [2.45, 2.75) is 69.9 Å². The molecule has 0 radical (unpaired) electrons. The molecular weight excluding hydrogens is 438 g/mol. The summed E-state index contributed by atoms with van der Waals surface area (Å²) in [6.45, 7) is 3.16. The van der Waals surface area contributed by atoms with Crippen LogP contribution in [0.4, 0.5) is 5.69 Å². The first kappa shape index (κ1) is 23.9. The molecule has 0 atom stereocenters. The van der Waals surface area contributed by atoms with E-state index in [0.717, 1.165) is 49.7 Å². The number of aryl methyl sites for hydroxylation is 1. The minimum Gasteiger partial charge on any atom is -0.494 e. The number of anilines is 1. The number of rotatable bonds is 10. The van der Waals surface area contributed by atoms with Crippen molar-refractivity contribution in [2.24, 2.45) is 0 Å². The summed E-state index contributed by atoms with van der Waals surface area (Å²) >= 11 is 0. The van der Waals surface area contributed by atoms with Gasteiger partial charge in [-0.1, -0.05) is 18.2 Å². The number of nitrogens with one attached hydrogen (secondary N) is 1. The number of unbranched alkanes of at least 4 members (excludes halogenated alkanes) is 2. The number of hydrogen-bond acceptors (Lipinski definition) is 4. The Morgan fingerprint density at radius 3 is 2.46 bits per heavy atom. The first-order valence-corrected chi connectivity index (χ1v) is 13.3. The highest BCUT2D eigenvalue weighted by Gasteiger charge is 2.33. The Morgan fingerprint density at radius 2 is 1.69 bits per heavy atom. The van der Waals surface area contributed by atoms with Crippen molar-refractivity contribution < 1.29 is 14.3 Å². The number of likely N-dealkylation sites (tertiary alicyclic amines) is 1. The minimum absolute atomic E-state index is 0.0588. The number of fused-ring (bicyclic) bond motifs is 1. The first-order valence-electron chi connectivity index (χ1n) is 13.3. The summed E-state index contributed by atoms with van der Waals surface area (Å²) in [5.74, 6) is 1.08. The standard InChI is InChI=1S/C29H37N3O3/c33-28-15-10-22-6-2-3-7-27(22)32(28)25-16-19-31(20-17-25)29(34)23-8-13-26(14-9-23)35-21-5-1-4-18-30-24-11-12-24/h2-3,6-9,13-14,24-25,30H,1,4-5,10-12,15-21H2. The van der Waals surface area contributed by atoms with E-state index in [4.69, 9.17) is 4.74 Å². The average Bonchev–Trinajstić information content (AvgIpc) is 3.73. The van der Waals surface area contributed by atoms with E-state index < -0.39 is 0 Å². The number of benzene rings is 2. The Morgan fingerprint density at radius 1 is 0.914 bits per heavy atom. The van der Waals surface area contributed by atoms with Crippen LogP contribution in [0, 0.1) is 0 Å². The molecule has 6 nitrogen and oxygen atoms in total. The van der Waals surface area contributed by atoms with Crippen LogP contribution in [0.25, 0.3) is 0 Å². The average molecular weight is 476 g/mol. The second-order valence-electron chi connectivity index (χ2n) is 10.1. The molecule has 0 bridgehead atoms. The first-order chi connectivity index (χ1) is 17.2. The number of amides is 2. The fraction of sp³-hybridized carbons (Fsp3) is 0.517. The Bertz CT molecular complexity index is 1010. The number of ether oxygens (including phenoxy) is 1. The van der Waals surface area contributed by atoms with Crippen LogP contribution >= 0.6 is 0 Å². The number of hydrogen-bond donors (Lipinski definition) is 1. The lowest BCUT2D eigenvalue weighted by atomic mass is 9.95. The number of carbonyl (C=O) groups excluding carboxylic acids is 2. The van der Waals surface area contributed by atoms with E-state index in [1.807, 2.05) is 46.2 Å². The van der Waals surface area contributed by atoms with Gasteiger partial charge >= 0.3 is 0 Å². The summed E-state index contributed by atoms with van der Waals surface area (Å²) < 4.78 is 5.86. The third kappa shape index (κ3) is 6.04. The Balaban J connectivity index is 1.07. The molecule has 186 valence electrons. The summed E-state index contributed by atoms with van der Waals surface area (Å²) in [6.07, 6.45) is 9.10. The fourth-order valence-electron chi connectivity index (χ4n) is 5.24. The lowest BCUT2D eigenvalue weighted by Crippen LogP contribution is -2.50. The largest absolute Gasteiger partial charge is 0.494 e. The molecular formula is C29H37N3O3. The Kier molecular flexibility index (Phi) is 7.67. The SMILES string of the molecule is O=C(c1ccc(OCCCCCNC2CC2)cc1)N1CCC(N2C(=O)CCc3ccccc32)CC1. The zero-order valence-corrected chi connectivity index (χ0v) is 20.6. The maximum absolute atomic E-state index is 13.1. The van der Waals surface area contributed by atoms with Gasteiger partial charge < -0.3 is 19.9 Å². The van der Waals surface area contributed by atoms with Gasteiger partial charge in [-0.15, -0.1) is 0 Å². The molecule has 0 unspecified atom stereocenters. The smallest absolute Gasteiger partial charge is 0.253 e. The van der Waals surface area contributed by atoms with Crippen molar-refractivity contribution in [3.8, 4) is 5.75 Å². The van der Waals surface area contributed by atoms with Crippen LogP contribution in [0.15, 0.2) is 48.5 Å². The predicted molar refractivity (Wildman–Crippen MR) is 138 cm³/mol. The molecule has 1 N–H and O–H groups in total. The van der Waals surface area contributed by atoms with Gasteiger partial charge in [0.05, 0.1) is 6.61 Å². The van der Waals surface area contributed by atoms with E-state index in [0.29, 0.717) is 31.7 Å². The molecule has 5 rings (SSSR count). The fourth-order valence-corrected chi connectivity index (χ4v) is 5.24. The molecule has 35 heavy (non-hydrogen) atoms. The number of para-hydroxylation sites is 1. The molecule has 0 spiro atoms. The van der Waals surface area contributed by atoms with E-state index in [1.165, 1.54) is 31.2 Å². The second kappa shape index (κ2) is 11.3. The lowest BCUT2D eigenvalue weighted by Gasteiger charge is -2.41. The molecule has 2 heterocycles. The van der Waals surface area contributed by atoms with Crippen molar-refractivity contribution in [3.63, 3.8) is 0 Å². The predicted octanol–water partition coefficient (Wildman–Crippen LogP) is 4.57. The van der Waals surface area contributed by atoms with Crippen molar-refractivity contribution >= 4 is 17.5 Å². The van der Waals surface area contributed by atoms with Gasteiger partial charge in [-0.2, -0.15) is 0 Å². The summed E-state index contributed by atoms with van der Waals surface area (Å²) in [4.78, 5) is 29.7. The monoisotopic (exact) mass is 475 g/mol. The summed E-state index contributed by atoms with van der Waals surface area (Å²) in [6, 6.07) is 16.7. The highest BCUT2D eigenvalue weighted by atomic mass is 16.5. The van der Waals surface area contributed by atoms with Crippen molar-refractivity contribution in [1.29, 1.82) is 0 Å². The molecule has 2 aromatic rings.